The molecule has 0 N–H and O–H groups in total. The molecule has 32 heavy (non-hydrogen) atoms. The molecule has 0 fully saturated rings. The predicted molar refractivity (Wildman–Crippen MR) is 127 cm³/mol. The fraction of sp³-hybridized carbons (Fsp3) is 0.391. The lowest BCUT2D eigenvalue weighted by molar-refractivity contribution is -0.131. The third-order valence-electron chi connectivity index (χ3n) is 5.51. The predicted octanol–water partition coefficient (Wildman–Crippen LogP) is 3.94. The van der Waals surface area contributed by atoms with Crippen molar-refractivity contribution in [2.24, 2.45) is 0 Å². The topological polar surface area (TPSA) is 75.5 Å². The number of rotatable bonds is 9. The van der Waals surface area contributed by atoms with Crippen molar-refractivity contribution in [2.45, 2.75) is 44.7 Å². The Balaban J connectivity index is 1.80. The molecule has 0 aliphatic carbocycles. The van der Waals surface area contributed by atoms with Gasteiger partial charge in [-0.1, -0.05) is 29.8 Å². The summed E-state index contributed by atoms with van der Waals surface area (Å²) in [4.78, 5) is 19.5. The first-order chi connectivity index (χ1) is 15.2. The summed E-state index contributed by atoms with van der Waals surface area (Å²) in [5.74, 6) is 0.794. The Kier molecular flexibility index (Phi) is 7.59. The van der Waals surface area contributed by atoms with Crippen LogP contribution in [0.15, 0.2) is 47.4 Å². The molecule has 3 aromatic rings. The van der Waals surface area contributed by atoms with Gasteiger partial charge in [-0.25, -0.2) is 17.7 Å². The Hall–Kier alpha value is -2.42. The van der Waals surface area contributed by atoms with Gasteiger partial charge in [-0.2, -0.15) is 0 Å². The summed E-state index contributed by atoms with van der Waals surface area (Å²) >= 11 is 6.25. The molecule has 3 rings (SSSR count). The maximum Gasteiger partial charge on any atom is 0.242 e. The van der Waals surface area contributed by atoms with Crippen LogP contribution in [0.4, 0.5) is 0 Å². The summed E-state index contributed by atoms with van der Waals surface area (Å²) in [6.07, 6.45) is 0.778. The van der Waals surface area contributed by atoms with Crippen LogP contribution in [-0.4, -0.2) is 53.7 Å². The van der Waals surface area contributed by atoms with E-state index in [2.05, 4.69) is 4.98 Å². The van der Waals surface area contributed by atoms with Crippen molar-refractivity contribution in [3.8, 4) is 0 Å². The average Bonchev–Trinajstić information content (AvgIpc) is 3.13. The molecule has 0 bridgehead atoms. The summed E-state index contributed by atoms with van der Waals surface area (Å²) in [6, 6.07) is 12.5. The van der Waals surface area contributed by atoms with Crippen molar-refractivity contribution >= 4 is 38.6 Å². The fourth-order valence-corrected chi connectivity index (χ4v) is 4.78. The van der Waals surface area contributed by atoms with Gasteiger partial charge in [-0.15, -0.1) is 0 Å². The van der Waals surface area contributed by atoms with Gasteiger partial charge in [-0.3, -0.25) is 4.79 Å². The van der Waals surface area contributed by atoms with Gasteiger partial charge in [0.1, 0.15) is 5.82 Å². The monoisotopic (exact) mass is 476 g/mol. The lowest BCUT2D eigenvalue weighted by Gasteiger charge is -2.21. The molecular weight excluding hydrogens is 448 g/mol. The van der Waals surface area contributed by atoms with Crippen LogP contribution in [0.25, 0.3) is 11.0 Å². The van der Waals surface area contributed by atoms with Gasteiger partial charge in [0.2, 0.25) is 15.9 Å². The van der Waals surface area contributed by atoms with Crippen molar-refractivity contribution < 1.29 is 13.2 Å². The molecule has 0 aliphatic heterocycles. The van der Waals surface area contributed by atoms with E-state index in [9.17, 15) is 13.2 Å². The van der Waals surface area contributed by atoms with Crippen LogP contribution in [0, 0.1) is 0 Å². The molecule has 1 aromatic heterocycles. The molecule has 172 valence electrons. The highest BCUT2D eigenvalue weighted by atomic mass is 35.5. The summed E-state index contributed by atoms with van der Waals surface area (Å²) in [7, 11) is -0.533. The molecule has 0 spiro atoms. The van der Waals surface area contributed by atoms with E-state index in [-0.39, 0.29) is 10.8 Å². The largest absolute Gasteiger partial charge is 0.339 e. The fourth-order valence-electron chi connectivity index (χ4n) is 3.66. The second-order valence-electron chi connectivity index (χ2n) is 7.71. The quantitative estimate of drug-likeness (QED) is 0.468. The van der Waals surface area contributed by atoms with E-state index in [1.54, 1.807) is 23.1 Å². The van der Waals surface area contributed by atoms with Gasteiger partial charge in [0.25, 0.3) is 0 Å². The van der Waals surface area contributed by atoms with Crippen LogP contribution in [-0.2, 0) is 34.3 Å². The Morgan fingerprint density at radius 2 is 1.84 bits per heavy atom. The van der Waals surface area contributed by atoms with Crippen molar-refractivity contribution in [3.63, 3.8) is 0 Å². The zero-order valence-electron chi connectivity index (χ0n) is 18.9. The number of fused-ring (bicyclic) bond motifs is 1. The van der Waals surface area contributed by atoms with Gasteiger partial charge >= 0.3 is 0 Å². The van der Waals surface area contributed by atoms with Crippen LogP contribution in [0.5, 0.6) is 0 Å². The molecule has 9 heteroatoms. The van der Waals surface area contributed by atoms with Crippen molar-refractivity contribution in [1.29, 1.82) is 0 Å². The standard InChI is InChI=1S/C23H29ClN4O3S/c1-5-27(16-17-9-7-8-10-19(17)24)23(29)14-13-22-25-20-15-18(32(30,31)26(3)4)11-12-21(20)28(22)6-2/h7-12,15H,5-6,13-14,16H2,1-4H3. The molecule has 0 unspecified atom stereocenters. The smallest absolute Gasteiger partial charge is 0.242 e. The lowest BCUT2D eigenvalue weighted by atomic mass is 10.2. The van der Waals surface area contributed by atoms with E-state index in [0.717, 1.165) is 16.9 Å². The number of imidazole rings is 1. The molecule has 7 nitrogen and oxygen atoms in total. The summed E-state index contributed by atoms with van der Waals surface area (Å²) < 4.78 is 28.1. The van der Waals surface area contributed by atoms with E-state index >= 15 is 0 Å². The molecule has 0 saturated carbocycles. The first-order valence-electron chi connectivity index (χ1n) is 10.6. The van der Waals surface area contributed by atoms with E-state index in [0.29, 0.717) is 43.0 Å². The van der Waals surface area contributed by atoms with Crippen LogP contribution in [0.2, 0.25) is 5.02 Å². The molecule has 0 radical (unpaired) electrons. The SMILES string of the molecule is CCN(Cc1ccccc1Cl)C(=O)CCc1nc2cc(S(=O)(=O)N(C)C)ccc2n1CC. The minimum absolute atomic E-state index is 0.0259. The number of carbonyl (C=O) groups excluding carboxylic acids is 1. The number of carbonyl (C=O) groups is 1. The van der Waals surface area contributed by atoms with Gasteiger partial charge < -0.3 is 9.47 Å². The Labute approximate surface area is 194 Å². The van der Waals surface area contributed by atoms with E-state index in [1.165, 1.54) is 18.4 Å². The summed E-state index contributed by atoms with van der Waals surface area (Å²) in [5.41, 5.74) is 2.39. The minimum atomic E-state index is -3.54. The maximum absolute atomic E-state index is 12.9. The van der Waals surface area contributed by atoms with Crippen LogP contribution < -0.4 is 0 Å². The number of amides is 1. The second-order valence-corrected chi connectivity index (χ2v) is 10.3. The zero-order chi connectivity index (χ0) is 23.5. The Bertz CT molecular complexity index is 1220. The first kappa shape index (κ1) is 24.2. The third-order valence-corrected chi connectivity index (χ3v) is 7.69. The molecule has 2 aromatic carbocycles. The normalized spacial score (nSPS) is 11.9. The first-order valence-corrected chi connectivity index (χ1v) is 12.4. The van der Waals surface area contributed by atoms with E-state index in [4.69, 9.17) is 11.6 Å². The highest BCUT2D eigenvalue weighted by molar-refractivity contribution is 7.89. The molecule has 1 heterocycles. The number of aryl methyl sites for hydroxylation is 2. The van der Waals surface area contributed by atoms with Gasteiger partial charge in [0.05, 0.1) is 15.9 Å². The van der Waals surface area contributed by atoms with Gasteiger partial charge in [0.15, 0.2) is 0 Å². The molecule has 0 aliphatic rings. The highest BCUT2D eigenvalue weighted by Gasteiger charge is 2.20. The van der Waals surface area contributed by atoms with E-state index in [1.807, 2.05) is 42.7 Å². The molecule has 0 saturated heterocycles. The number of nitrogens with zero attached hydrogens (tertiary/aromatic N) is 4. The second kappa shape index (κ2) is 10.0. The highest BCUT2D eigenvalue weighted by Crippen LogP contribution is 2.23. The minimum Gasteiger partial charge on any atom is -0.339 e. The number of halogens is 1. The third kappa shape index (κ3) is 4.98. The van der Waals surface area contributed by atoms with Crippen LogP contribution in [0.1, 0.15) is 31.7 Å². The van der Waals surface area contributed by atoms with Crippen molar-refractivity contribution in [3.05, 3.63) is 58.9 Å². The Morgan fingerprint density at radius 1 is 1.12 bits per heavy atom. The molecule has 1 amide bonds. The summed E-state index contributed by atoms with van der Waals surface area (Å²) in [5, 5.41) is 0.648. The van der Waals surface area contributed by atoms with Gasteiger partial charge in [-0.05, 0) is 43.7 Å². The Morgan fingerprint density at radius 3 is 2.47 bits per heavy atom. The van der Waals surface area contributed by atoms with Crippen LogP contribution in [0.3, 0.4) is 0 Å². The number of benzene rings is 2. The van der Waals surface area contributed by atoms with Gasteiger partial charge in [0, 0.05) is 51.6 Å². The van der Waals surface area contributed by atoms with E-state index < -0.39 is 10.0 Å². The number of aromatic nitrogens is 2. The summed E-state index contributed by atoms with van der Waals surface area (Å²) in [6.45, 7) is 5.68. The zero-order valence-corrected chi connectivity index (χ0v) is 20.4. The van der Waals surface area contributed by atoms with Crippen molar-refractivity contribution in [1.82, 2.24) is 18.8 Å². The number of sulfonamides is 1. The number of hydrogen-bond acceptors (Lipinski definition) is 4. The number of hydrogen-bond donors (Lipinski definition) is 0. The van der Waals surface area contributed by atoms with Crippen molar-refractivity contribution in [2.75, 3.05) is 20.6 Å². The molecular formula is C23H29ClN4O3S. The average molecular weight is 477 g/mol. The lowest BCUT2D eigenvalue weighted by Crippen LogP contribution is -2.30. The van der Waals surface area contributed by atoms with Crippen LogP contribution >= 0.6 is 11.6 Å². The maximum atomic E-state index is 12.9. The molecule has 0 atom stereocenters.